The Kier molecular flexibility index (Phi) is 7.23. The molecule has 0 aromatic heterocycles. The molecule has 0 saturated carbocycles. The largest absolute Gasteiger partial charge is 0.368 e. The van der Waals surface area contributed by atoms with Gasteiger partial charge in [-0.15, -0.1) is 0 Å². The van der Waals surface area contributed by atoms with E-state index in [0.29, 0.717) is 24.3 Å². The van der Waals surface area contributed by atoms with Crippen LogP contribution in [-0.4, -0.2) is 47.8 Å². The number of nitro benzene ring substituents is 1. The monoisotopic (exact) mass is 424 g/mol. The molecule has 1 aliphatic heterocycles. The fourth-order valence-electron chi connectivity index (χ4n) is 3.77. The molecule has 2 aromatic rings. The standard InChI is InChI=1S/C23H28N4O4/c1-3-17(4-2)23(29)26-15-13-25(14-16-26)20-11-7-19(8-12-20)24-22(28)18-5-9-21(10-6-18)27(30)31/h5-12,17H,3-4,13-16H2,1-2H3,(H,24,28). The van der Waals surface area contributed by atoms with E-state index in [9.17, 15) is 19.7 Å². The molecule has 8 nitrogen and oxygen atoms in total. The van der Waals surface area contributed by atoms with Crippen molar-refractivity contribution in [2.24, 2.45) is 5.92 Å². The predicted octanol–water partition coefficient (Wildman–Crippen LogP) is 3.93. The molecule has 31 heavy (non-hydrogen) atoms. The van der Waals surface area contributed by atoms with Crippen molar-refractivity contribution in [1.82, 2.24) is 4.90 Å². The van der Waals surface area contributed by atoms with Crippen molar-refractivity contribution < 1.29 is 14.5 Å². The normalized spacial score (nSPS) is 13.9. The summed E-state index contributed by atoms with van der Waals surface area (Å²) >= 11 is 0. The van der Waals surface area contributed by atoms with Gasteiger partial charge in [0, 0.05) is 61.2 Å². The molecule has 2 aromatic carbocycles. The lowest BCUT2D eigenvalue weighted by atomic mass is 10.0. The van der Waals surface area contributed by atoms with E-state index in [-0.39, 0.29) is 23.4 Å². The highest BCUT2D eigenvalue weighted by Gasteiger charge is 2.25. The zero-order valence-electron chi connectivity index (χ0n) is 17.9. The van der Waals surface area contributed by atoms with Crippen LogP contribution in [0.25, 0.3) is 0 Å². The molecule has 1 fully saturated rings. The molecule has 0 unspecified atom stereocenters. The molecule has 1 saturated heterocycles. The van der Waals surface area contributed by atoms with Crippen molar-refractivity contribution >= 4 is 28.9 Å². The summed E-state index contributed by atoms with van der Waals surface area (Å²) in [6.07, 6.45) is 1.76. The van der Waals surface area contributed by atoms with E-state index < -0.39 is 4.92 Å². The molecule has 0 radical (unpaired) electrons. The zero-order chi connectivity index (χ0) is 22.4. The second-order valence-electron chi connectivity index (χ2n) is 7.63. The summed E-state index contributed by atoms with van der Waals surface area (Å²) in [7, 11) is 0. The lowest BCUT2D eigenvalue weighted by Gasteiger charge is -2.37. The van der Waals surface area contributed by atoms with Crippen LogP contribution < -0.4 is 10.2 Å². The van der Waals surface area contributed by atoms with Gasteiger partial charge in [0.05, 0.1) is 4.92 Å². The second-order valence-corrected chi connectivity index (χ2v) is 7.63. The van der Waals surface area contributed by atoms with Crippen LogP contribution in [0.2, 0.25) is 0 Å². The van der Waals surface area contributed by atoms with Crippen molar-refractivity contribution in [2.45, 2.75) is 26.7 Å². The van der Waals surface area contributed by atoms with E-state index in [4.69, 9.17) is 0 Å². The van der Waals surface area contributed by atoms with Crippen LogP contribution in [0.15, 0.2) is 48.5 Å². The number of amides is 2. The van der Waals surface area contributed by atoms with E-state index in [1.165, 1.54) is 24.3 Å². The van der Waals surface area contributed by atoms with Gasteiger partial charge >= 0.3 is 0 Å². The summed E-state index contributed by atoms with van der Waals surface area (Å²) < 4.78 is 0. The van der Waals surface area contributed by atoms with Gasteiger partial charge in [0.2, 0.25) is 5.91 Å². The number of nitrogens with zero attached hydrogens (tertiary/aromatic N) is 3. The van der Waals surface area contributed by atoms with E-state index in [2.05, 4.69) is 24.1 Å². The maximum atomic E-state index is 12.6. The van der Waals surface area contributed by atoms with Gasteiger partial charge in [-0.05, 0) is 49.2 Å². The third-order valence-corrected chi connectivity index (χ3v) is 5.76. The quantitative estimate of drug-likeness (QED) is 0.537. The maximum Gasteiger partial charge on any atom is 0.269 e. The molecule has 0 aliphatic carbocycles. The van der Waals surface area contributed by atoms with Crippen molar-refractivity contribution in [2.75, 3.05) is 36.4 Å². The van der Waals surface area contributed by atoms with E-state index in [1.54, 1.807) is 0 Å². The van der Waals surface area contributed by atoms with Crippen LogP contribution in [0.5, 0.6) is 0 Å². The first kappa shape index (κ1) is 22.3. The molecule has 164 valence electrons. The highest BCUT2D eigenvalue weighted by atomic mass is 16.6. The minimum Gasteiger partial charge on any atom is -0.368 e. The van der Waals surface area contributed by atoms with Gasteiger partial charge < -0.3 is 15.1 Å². The first-order chi connectivity index (χ1) is 14.9. The second kappa shape index (κ2) is 10.1. The highest BCUT2D eigenvalue weighted by Crippen LogP contribution is 2.22. The maximum absolute atomic E-state index is 12.6. The minimum atomic E-state index is -0.498. The fraction of sp³-hybridized carbons (Fsp3) is 0.391. The van der Waals surface area contributed by atoms with Gasteiger partial charge in [-0.25, -0.2) is 0 Å². The number of carbonyl (C=O) groups is 2. The summed E-state index contributed by atoms with van der Waals surface area (Å²) in [6.45, 7) is 7.11. The number of benzene rings is 2. The van der Waals surface area contributed by atoms with Gasteiger partial charge in [0.15, 0.2) is 0 Å². The number of carbonyl (C=O) groups excluding carboxylic acids is 2. The number of hydrogen-bond donors (Lipinski definition) is 1. The molecule has 2 amide bonds. The van der Waals surface area contributed by atoms with Crippen molar-refractivity contribution in [3.8, 4) is 0 Å². The van der Waals surface area contributed by atoms with Crippen LogP contribution >= 0.6 is 0 Å². The Balaban J connectivity index is 1.55. The summed E-state index contributed by atoms with van der Waals surface area (Å²) in [5.41, 5.74) is 1.99. The number of nitrogens with one attached hydrogen (secondary N) is 1. The third-order valence-electron chi connectivity index (χ3n) is 5.76. The predicted molar refractivity (Wildman–Crippen MR) is 120 cm³/mol. The van der Waals surface area contributed by atoms with Crippen molar-refractivity contribution in [3.63, 3.8) is 0 Å². The van der Waals surface area contributed by atoms with E-state index in [0.717, 1.165) is 31.6 Å². The van der Waals surface area contributed by atoms with Crippen molar-refractivity contribution in [1.29, 1.82) is 0 Å². The third kappa shape index (κ3) is 5.39. The number of rotatable bonds is 7. The fourth-order valence-corrected chi connectivity index (χ4v) is 3.77. The molecule has 8 heteroatoms. The Bertz CT molecular complexity index is 916. The molecule has 1 N–H and O–H groups in total. The summed E-state index contributed by atoms with van der Waals surface area (Å²) in [4.78, 5) is 39.3. The van der Waals surface area contributed by atoms with Crippen LogP contribution in [0.4, 0.5) is 17.1 Å². The van der Waals surface area contributed by atoms with E-state index in [1.807, 2.05) is 29.2 Å². The van der Waals surface area contributed by atoms with Crippen LogP contribution in [0, 0.1) is 16.0 Å². The number of anilines is 2. The highest BCUT2D eigenvalue weighted by molar-refractivity contribution is 6.04. The summed E-state index contributed by atoms with van der Waals surface area (Å²) in [5, 5.41) is 13.5. The molecular formula is C23H28N4O4. The van der Waals surface area contributed by atoms with Gasteiger partial charge in [-0.1, -0.05) is 13.8 Å². The first-order valence-corrected chi connectivity index (χ1v) is 10.6. The van der Waals surface area contributed by atoms with Crippen LogP contribution in [0.3, 0.4) is 0 Å². The zero-order valence-corrected chi connectivity index (χ0v) is 17.9. The Hall–Kier alpha value is -3.42. The van der Waals surface area contributed by atoms with Crippen LogP contribution in [-0.2, 0) is 4.79 Å². The number of hydrogen-bond acceptors (Lipinski definition) is 5. The molecule has 0 atom stereocenters. The summed E-state index contributed by atoms with van der Waals surface area (Å²) in [5.74, 6) is 0.0512. The Morgan fingerprint density at radius 2 is 1.55 bits per heavy atom. The average molecular weight is 425 g/mol. The van der Waals surface area contributed by atoms with Crippen LogP contribution in [0.1, 0.15) is 37.0 Å². The Morgan fingerprint density at radius 1 is 0.968 bits per heavy atom. The number of nitro groups is 1. The summed E-state index contributed by atoms with van der Waals surface area (Å²) in [6, 6.07) is 13.1. The number of piperazine rings is 1. The Labute approximate surface area is 182 Å². The lowest BCUT2D eigenvalue weighted by molar-refractivity contribution is -0.384. The van der Waals surface area contributed by atoms with Crippen molar-refractivity contribution in [3.05, 3.63) is 64.2 Å². The van der Waals surface area contributed by atoms with Gasteiger partial charge in [-0.3, -0.25) is 19.7 Å². The molecule has 1 aliphatic rings. The molecule has 3 rings (SSSR count). The molecule has 0 spiro atoms. The molecule has 0 bridgehead atoms. The SMILES string of the molecule is CCC(CC)C(=O)N1CCN(c2ccc(NC(=O)c3ccc([N+](=O)[O-])cc3)cc2)CC1. The smallest absolute Gasteiger partial charge is 0.269 e. The van der Waals surface area contributed by atoms with Gasteiger partial charge in [0.25, 0.3) is 11.6 Å². The lowest BCUT2D eigenvalue weighted by Crippen LogP contribution is -2.50. The van der Waals surface area contributed by atoms with Gasteiger partial charge in [0.1, 0.15) is 0 Å². The topological polar surface area (TPSA) is 95.8 Å². The number of non-ortho nitro benzene ring substituents is 1. The Morgan fingerprint density at radius 3 is 2.06 bits per heavy atom. The average Bonchev–Trinajstić information content (AvgIpc) is 2.80. The van der Waals surface area contributed by atoms with Gasteiger partial charge in [-0.2, -0.15) is 0 Å². The minimum absolute atomic E-state index is 0.0531. The molecular weight excluding hydrogens is 396 g/mol. The van der Waals surface area contributed by atoms with E-state index >= 15 is 0 Å². The molecule has 1 heterocycles. The first-order valence-electron chi connectivity index (χ1n) is 10.6.